The Labute approximate surface area is 85.2 Å². The normalized spacial score (nSPS) is 11.6. The second-order valence-electron chi connectivity index (χ2n) is 3.83. The Kier molecular flexibility index (Phi) is 4.11. The second kappa shape index (κ2) is 5.13. The number of hydrogen-bond donors (Lipinski definition) is 2. The van der Waals surface area contributed by atoms with Crippen molar-refractivity contribution in [1.29, 1.82) is 0 Å². The van der Waals surface area contributed by atoms with Gasteiger partial charge in [0.05, 0.1) is 13.2 Å². The standard InChI is InChI=1S/C12H18O2/c1-2-12(9-13,10-14)8-11-6-4-3-5-7-11/h3-7,13-14H,2,8-10H2,1H3. The molecule has 0 bridgehead atoms. The molecule has 78 valence electrons. The Hall–Kier alpha value is -0.860. The van der Waals surface area contributed by atoms with Crippen LogP contribution in [-0.4, -0.2) is 23.4 Å². The summed E-state index contributed by atoms with van der Waals surface area (Å²) < 4.78 is 0. The van der Waals surface area contributed by atoms with Crippen molar-refractivity contribution in [1.82, 2.24) is 0 Å². The fourth-order valence-electron chi connectivity index (χ4n) is 1.54. The van der Waals surface area contributed by atoms with Crippen molar-refractivity contribution in [2.45, 2.75) is 19.8 Å². The van der Waals surface area contributed by atoms with Gasteiger partial charge in [0.2, 0.25) is 0 Å². The van der Waals surface area contributed by atoms with Crippen LogP contribution in [0.5, 0.6) is 0 Å². The van der Waals surface area contributed by atoms with E-state index < -0.39 is 0 Å². The van der Waals surface area contributed by atoms with Gasteiger partial charge in [-0.15, -0.1) is 0 Å². The van der Waals surface area contributed by atoms with Gasteiger partial charge < -0.3 is 10.2 Å². The van der Waals surface area contributed by atoms with Crippen molar-refractivity contribution >= 4 is 0 Å². The number of hydrogen-bond acceptors (Lipinski definition) is 2. The molecule has 0 aromatic heterocycles. The van der Waals surface area contributed by atoms with E-state index >= 15 is 0 Å². The Balaban J connectivity index is 2.74. The number of aliphatic hydroxyl groups is 2. The van der Waals surface area contributed by atoms with Crippen LogP contribution in [0.3, 0.4) is 0 Å². The van der Waals surface area contributed by atoms with Crippen molar-refractivity contribution < 1.29 is 10.2 Å². The molecule has 0 heterocycles. The van der Waals surface area contributed by atoms with Crippen molar-refractivity contribution in [3.05, 3.63) is 35.9 Å². The summed E-state index contributed by atoms with van der Waals surface area (Å²) in [5, 5.41) is 18.6. The third kappa shape index (κ3) is 2.56. The second-order valence-corrected chi connectivity index (χ2v) is 3.83. The highest BCUT2D eigenvalue weighted by atomic mass is 16.3. The molecule has 1 rings (SSSR count). The van der Waals surface area contributed by atoms with Crippen LogP contribution in [-0.2, 0) is 6.42 Å². The Bertz CT molecular complexity index is 244. The molecular weight excluding hydrogens is 176 g/mol. The minimum absolute atomic E-state index is 0.0366. The molecule has 0 fully saturated rings. The summed E-state index contributed by atoms with van der Waals surface area (Å²) in [7, 11) is 0. The molecule has 1 aromatic rings. The summed E-state index contributed by atoms with van der Waals surface area (Å²) in [6, 6.07) is 9.97. The van der Waals surface area contributed by atoms with E-state index in [0.717, 1.165) is 18.4 Å². The zero-order chi connectivity index (χ0) is 10.4. The molecule has 0 atom stereocenters. The van der Waals surface area contributed by atoms with Gasteiger partial charge >= 0.3 is 0 Å². The van der Waals surface area contributed by atoms with Gasteiger partial charge in [-0.05, 0) is 18.4 Å². The van der Waals surface area contributed by atoms with E-state index in [0.29, 0.717) is 0 Å². The fraction of sp³-hybridized carbons (Fsp3) is 0.500. The van der Waals surface area contributed by atoms with Gasteiger partial charge in [-0.25, -0.2) is 0 Å². The summed E-state index contributed by atoms with van der Waals surface area (Å²) in [5.74, 6) is 0. The quantitative estimate of drug-likeness (QED) is 0.747. The van der Waals surface area contributed by atoms with Gasteiger partial charge in [0.1, 0.15) is 0 Å². The first-order valence-electron chi connectivity index (χ1n) is 5.02. The minimum Gasteiger partial charge on any atom is -0.396 e. The van der Waals surface area contributed by atoms with E-state index in [2.05, 4.69) is 0 Å². The highest BCUT2D eigenvalue weighted by molar-refractivity contribution is 5.16. The van der Waals surface area contributed by atoms with Gasteiger partial charge in [-0.3, -0.25) is 0 Å². The van der Waals surface area contributed by atoms with Gasteiger partial charge in [0.25, 0.3) is 0 Å². The number of rotatable bonds is 5. The third-order valence-corrected chi connectivity index (χ3v) is 2.84. The molecule has 0 saturated carbocycles. The van der Waals surface area contributed by atoms with Crippen LogP contribution in [0.2, 0.25) is 0 Å². The van der Waals surface area contributed by atoms with Crippen LogP contribution in [0.15, 0.2) is 30.3 Å². The largest absolute Gasteiger partial charge is 0.396 e. The average molecular weight is 194 g/mol. The molecule has 0 aliphatic rings. The van der Waals surface area contributed by atoms with Crippen LogP contribution < -0.4 is 0 Å². The number of aliphatic hydroxyl groups excluding tert-OH is 2. The predicted octanol–water partition coefficient (Wildman–Crippen LogP) is 1.61. The summed E-state index contributed by atoms with van der Waals surface area (Å²) in [5.41, 5.74) is 0.805. The third-order valence-electron chi connectivity index (χ3n) is 2.84. The average Bonchev–Trinajstić information content (AvgIpc) is 2.28. The maximum absolute atomic E-state index is 9.28. The zero-order valence-corrected chi connectivity index (χ0v) is 8.61. The molecule has 0 unspecified atom stereocenters. The van der Waals surface area contributed by atoms with E-state index in [1.54, 1.807) is 0 Å². The van der Waals surface area contributed by atoms with Gasteiger partial charge in [0, 0.05) is 5.41 Å². The highest BCUT2D eigenvalue weighted by Gasteiger charge is 2.26. The summed E-state index contributed by atoms with van der Waals surface area (Å²) in [6.07, 6.45) is 1.52. The molecular formula is C12H18O2. The van der Waals surface area contributed by atoms with E-state index in [-0.39, 0.29) is 18.6 Å². The van der Waals surface area contributed by atoms with Crippen molar-refractivity contribution in [2.75, 3.05) is 13.2 Å². The summed E-state index contributed by atoms with van der Waals surface area (Å²) in [6.45, 7) is 2.07. The molecule has 0 aliphatic heterocycles. The van der Waals surface area contributed by atoms with Crippen LogP contribution in [0.1, 0.15) is 18.9 Å². The molecule has 0 saturated heterocycles. The molecule has 1 aromatic carbocycles. The van der Waals surface area contributed by atoms with Gasteiger partial charge in [-0.2, -0.15) is 0 Å². The summed E-state index contributed by atoms with van der Waals surface area (Å²) >= 11 is 0. The van der Waals surface area contributed by atoms with E-state index in [1.165, 1.54) is 0 Å². The molecule has 2 nitrogen and oxygen atoms in total. The first kappa shape index (κ1) is 11.2. The minimum atomic E-state index is -0.360. The van der Waals surface area contributed by atoms with Gasteiger partial charge in [-0.1, -0.05) is 37.3 Å². The van der Waals surface area contributed by atoms with E-state index in [1.807, 2.05) is 37.3 Å². The molecule has 0 spiro atoms. The first-order chi connectivity index (χ1) is 6.76. The lowest BCUT2D eigenvalue weighted by atomic mass is 9.81. The monoisotopic (exact) mass is 194 g/mol. The number of benzene rings is 1. The highest BCUT2D eigenvalue weighted by Crippen LogP contribution is 2.25. The Morgan fingerprint density at radius 2 is 1.64 bits per heavy atom. The van der Waals surface area contributed by atoms with Crippen LogP contribution in [0, 0.1) is 5.41 Å². The topological polar surface area (TPSA) is 40.5 Å². The lowest BCUT2D eigenvalue weighted by Gasteiger charge is -2.28. The van der Waals surface area contributed by atoms with Crippen LogP contribution >= 0.6 is 0 Å². The SMILES string of the molecule is CCC(CO)(CO)Cc1ccccc1. The van der Waals surface area contributed by atoms with Crippen LogP contribution in [0.4, 0.5) is 0 Å². The summed E-state index contributed by atoms with van der Waals surface area (Å²) in [4.78, 5) is 0. The smallest absolute Gasteiger partial charge is 0.0512 e. The Morgan fingerprint density at radius 3 is 2.07 bits per heavy atom. The molecule has 14 heavy (non-hydrogen) atoms. The van der Waals surface area contributed by atoms with Gasteiger partial charge in [0.15, 0.2) is 0 Å². The van der Waals surface area contributed by atoms with E-state index in [4.69, 9.17) is 0 Å². The van der Waals surface area contributed by atoms with E-state index in [9.17, 15) is 10.2 Å². The van der Waals surface area contributed by atoms with Crippen LogP contribution in [0.25, 0.3) is 0 Å². The van der Waals surface area contributed by atoms with Crippen molar-refractivity contribution in [3.63, 3.8) is 0 Å². The molecule has 2 N–H and O–H groups in total. The predicted molar refractivity (Wildman–Crippen MR) is 57.0 cm³/mol. The molecule has 0 aliphatic carbocycles. The molecule has 0 amide bonds. The lowest BCUT2D eigenvalue weighted by Crippen LogP contribution is -2.31. The Morgan fingerprint density at radius 1 is 1.07 bits per heavy atom. The molecule has 2 heteroatoms. The fourth-order valence-corrected chi connectivity index (χ4v) is 1.54. The molecule has 0 radical (unpaired) electrons. The zero-order valence-electron chi connectivity index (χ0n) is 8.61. The maximum Gasteiger partial charge on any atom is 0.0512 e. The first-order valence-corrected chi connectivity index (χ1v) is 5.02. The van der Waals surface area contributed by atoms with Crippen molar-refractivity contribution in [2.24, 2.45) is 5.41 Å². The maximum atomic E-state index is 9.28. The lowest BCUT2D eigenvalue weighted by molar-refractivity contribution is 0.0514. The van der Waals surface area contributed by atoms with Crippen molar-refractivity contribution in [3.8, 4) is 0 Å².